The third kappa shape index (κ3) is 1.87. The van der Waals surface area contributed by atoms with Crippen LogP contribution in [0.1, 0.15) is 50.7 Å². The molecule has 0 aromatic heterocycles. The molecule has 0 spiro atoms. The lowest BCUT2D eigenvalue weighted by molar-refractivity contribution is 0.0327. The van der Waals surface area contributed by atoms with Crippen molar-refractivity contribution in [3.05, 3.63) is 23.3 Å². The minimum absolute atomic E-state index is 0.272. The van der Waals surface area contributed by atoms with Crippen LogP contribution < -0.4 is 10.2 Å². The highest BCUT2D eigenvalue weighted by Crippen LogP contribution is 2.40. The van der Waals surface area contributed by atoms with Crippen LogP contribution in [-0.4, -0.2) is 6.79 Å². The third-order valence-corrected chi connectivity index (χ3v) is 2.87. The molecule has 3 heteroatoms. The van der Waals surface area contributed by atoms with E-state index in [0.717, 1.165) is 11.4 Å². The first-order chi connectivity index (χ1) is 7.61. The van der Waals surface area contributed by atoms with Crippen molar-refractivity contribution in [1.29, 1.82) is 0 Å². The molecule has 1 N–H and O–H groups in total. The molecular weight excluding hydrogens is 202 g/mol. The minimum Gasteiger partial charge on any atom is -0.463 e. The van der Waals surface area contributed by atoms with Crippen molar-refractivity contribution in [3.63, 3.8) is 0 Å². The maximum absolute atomic E-state index is 5.62. The van der Waals surface area contributed by atoms with Gasteiger partial charge in [-0.15, -0.1) is 0 Å². The molecule has 1 heterocycles. The largest absolute Gasteiger partial charge is 0.463 e. The van der Waals surface area contributed by atoms with Gasteiger partial charge in [-0.2, -0.15) is 0 Å². The molecule has 0 amide bonds. The molecule has 1 aromatic carbocycles. The van der Waals surface area contributed by atoms with Gasteiger partial charge in [0, 0.05) is 5.56 Å². The highest BCUT2D eigenvalue weighted by molar-refractivity contribution is 5.63. The van der Waals surface area contributed by atoms with Crippen LogP contribution in [0.2, 0.25) is 0 Å². The summed E-state index contributed by atoms with van der Waals surface area (Å²) in [5.74, 6) is 1.91. The van der Waals surface area contributed by atoms with E-state index in [1.807, 2.05) is 6.07 Å². The minimum atomic E-state index is 0.272. The maximum atomic E-state index is 5.62. The molecule has 1 aromatic rings. The zero-order valence-electron chi connectivity index (χ0n) is 10.3. The molecule has 0 fully saturated rings. The molecule has 2 rings (SSSR count). The Morgan fingerprint density at radius 3 is 2.50 bits per heavy atom. The Hall–Kier alpha value is -1.22. The number of benzene rings is 1. The summed E-state index contributed by atoms with van der Waals surface area (Å²) in [4.78, 5) is 5.06. The van der Waals surface area contributed by atoms with E-state index < -0.39 is 0 Å². The Labute approximate surface area is 96.7 Å². The van der Waals surface area contributed by atoms with Gasteiger partial charge in [-0.1, -0.05) is 33.8 Å². The van der Waals surface area contributed by atoms with Gasteiger partial charge in [0.2, 0.25) is 6.79 Å². The zero-order valence-corrected chi connectivity index (χ0v) is 10.3. The number of rotatable bonds is 2. The maximum Gasteiger partial charge on any atom is 0.213 e. The summed E-state index contributed by atoms with van der Waals surface area (Å²) in [6.07, 6.45) is 0. The summed E-state index contributed by atoms with van der Waals surface area (Å²) >= 11 is 0. The first-order valence-electron chi connectivity index (χ1n) is 5.78. The number of hydrogen-bond donors (Lipinski definition) is 1. The number of anilines is 1. The summed E-state index contributed by atoms with van der Waals surface area (Å²) < 4.78 is 5.62. The predicted octanol–water partition coefficient (Wildman–Crippen LogP) is 3.63. The third-order valence-electron chi connectivity index (χ3n) is 2.87. The van der Waals surface area contributed by atoms with Crippen molar-refractivity contribution in [2.24, 2.45) is 0 Å². The van der Waals surface area contributed by atoms with E-state index in [9.17, 15) is 0 Å². The molecule has 1 aliphatic rings. The average molecular weight is 221 g/mol. The van der Waals surface area contributed by atoms with Crippen LogP contribution in [0.3, 0.4) is 0 Å². The van der Waals surface area contributed by atoms with Crippen LogP contribution >= 0.6 is 0 Å². The monoisotopic (exact) mass is 221 g/mol. The first kappa shape index (κ1) is 11.3. The van der Waals surface area contributed by atoms with Gasteiger partial charge in [0.25, 0.3) is 0 Å². The van der Waals surface area contributed by atoms with Gasteiger partial charge in [0.1, 0.15) is 5.69 Å². The molecule has 3 nitrogen and oxygen atoms in total. The second kappa shape index (κ2) is 4.34. The molecule has 0 saturated heterocycles. The summed E-state index contributed by atoms with van der Waals surface area (Å²) in [6.45, 7) is 9.08. The van der Waals surface area contributed by atoms with E-state index in [1.54, 1.807) is 0 Å². The Morgan fingerprint density at radius 2 is 1.88 bits per heavy atom. The Bertz CT molecular complexity index is 386. The molecule has 0 atom stereocenters. The molecule has 0 aliphatic carbocycles. The highest BCUT2D eigenvalue weighted by atomic mass is 16.8. The number of hydrogen-bond acceptors (Lipinski definition) is 3. The Kier molecular flexibility index (Phi) is 3.06. The van der Waals surface area contributed by atoms with Gasteiger partial charge in [-0.05, 0) is 23.5 Å². The average Bonchev–Trinajstić information content (AvgIpc) is 2.27. The molecule has 0 saturated carbocycles. The number of ether oxygens (including phenoxy) is 1. The van der Waals surface area contributed by atoms with E-state index in [0.29, 0.717) is 11.8 Å². The molecule has 16 heavy (non-hydrogen) atoms. The van der Waals surface area contributed by atoms with Crippen LogP contribution in [0.5, 0.6) is 5.75 Å². The number of nitrogens with one attached hydrogen (secondary N) is 1. The van der Waals surface area contributed by atoms with E-state index in [4.69, 9.17) is 9.57 Å². The first-order valence-corrected chi connectivity index (χ1v) is 5.78. The van der Waals surface area contributed by atoms with Crippen molar-refractivity contribution in [1.82, 2.24) is 0 Å². The molecule has 0 bridgehead atoms. The van der Waals surface area contributed by atoms with E-state index in [1.165, 1.54) is 11.1 Å². The topological polar surface area (TPSA) is 30.5 Å². The van der Waals surface area contributed by atoms with E-state index in [2.05, 4.69) is 39.2 Å². The standard InChI is InChI=1S/C13H19NO2/c1-8(2)10-5-6-11-13(12(10)9(3)4)15-7-16-14-11/h5-6,8-9,14H,7H2,1-4H3. The lowest BCUT2D eigenvalue weighted by Gasteiger charge is -2.26. The fraction of sp³-hybridized carbons (Fsp3) is 0.538. The van der Waals surface area contributed by atoms with Gasteiger partial charge in [0.15, 0.2) is 5.75 Å². The van der Waals surface area contributed by atoms with Gasteiger partial charge < -0.3 is 4.74 Å². The van der Waals surface area contributed by atoms with Crippen LogP contribution in [0.25, 0.3) is 0 Å². The number of fused-ring (bicyclic) bond motifs is 1. The fourth-order valence-corrected chi connectivity index (χ4v) is 2.15. The van der Waals surface area contributed by atoms with E-state index in [-0.39, 0.29) is 6.79 Å². The van der Waals surface area contributed by atoms with Crippen molar-refractivity contribution in [3.8, 4) is 5.75 Å². The second-order valence-electron chi connectivity index (χ2n) is 4.76. The van der Waals surface area contributed by atoms with Crippen molar-refractivity contribution in [2.75, 3.05) is 12.3 Å². The molecule has 1 aliphatic heterocycles. The molecule has 88 valence electrons. The Balaban J connectivity index is 2.57. The summed E-state index contributed by atoms with van der Waals surface area (Å²) in [6, 6.07) is 4.18. The smallest absolute Gasteiger partial charge is 0.213 e. The van der Waals surface area contributed by atoms with E-state index >= 15 is 0 Å². The van der Waals surface area contributed by atoms with Gasteiger partial charge >= 0.3 is 0 Å². The fourth-order valence-electron chi connectivity index (χ4n) is 2.15. The Morgan fingerprint density at radius 1 is 1.12 bits per heavy atom. The normalized spacial score (nSPS) is 14.6. The van der Waals surface area contributed by atoms with Crippen molar-refractivity contribution < 1.29 is 9.57 Å². The second-order valence-corrected chi connectivity index (χ2v) is 4.76. The van der Waals surface area contributed by atoms with Gasteiger partial charge in [-0.25, -0.2) is 4.84 Å². The highest BCUT2D eigenvalue weighted by Gasteiger charge is 2.21. The summed E-state index contributed by atoms with van der Waals surface area (Å²) in [5, 5.41) is 0. The van der Waals surface area contributed by atoms with Gasteiger partial charge in [0.05, 0.1) is 0 Å². The zero-order chi connectivity index (χ0) is 11.7. The van der Waals surface area contributed by atoms with Crippen LogP contribution in [0, 0.1) is 0 Å². The lowest BCUT2D eigenvalue weighted by Crippen LogP contribution is -2.18. The van der Waals surface area contributed by atoms with Crippen LogP contribution in [0.4, 0.5) is 5.69 Å². The van der Waals surface area contributed by atoms with Gasteiger partial charge in [-0.3, -0.25) is 5.48 Å². The molecular formula is C13H19NO2. The van der Waals surface area contributed by atoms with Crippen LogP contribution in [0.15, 0.2) is 12.1 Å². The lowest BCUT2D eigenvalue weighted by atomic mass is 9.89. The van der Waals surface area contributed by atoms with Crippen molar-refractivity contribution in [2.45, 2.75) is 39.5 Å². The SMILES string of the molecule is CC(C)c1ccc2c(c1C(C)C)OCON2. The molecule has 0 radical (unpaired) electrons. The summed E-state index contributed by atoms with van der Waals surface area (Å²) in [7, 11) is 0. The van der Waals surface area contributed by atoms with Crippen LogP contribution in [-0.2, 0) is 4.84 Å². The van der Waals surface area contributed by atoms with Crippen molar-refractivity contribution >= 4 is 5.69 Å². The molecule has 0 unspecified atom stereocenters. The quantitative estimate of drug-likeness (QED) is 0.827. The summed E-state index contributed by atoms with van der Waals surface area (Å²) in [5.41, 5.74) is 6.48. The predicted molar refractivity (Wildman–Crippen MR) is 64.8 cm³/mol.